The molecule has 7 nitrogen and oxygen atoms in total. The number of carbonyl (C=O) groups is 1. The first kappa shape index (κ1) is 22.6. The lowest BCUT2D eigenvalue weighted by atomic mass is 9.61. The van der Waals surface area contributed by atoms with Crippen molar-refractivity contribution in [1.82, 2.24) is 0 Å². The van der Waals surface area contributed by atoms with Gasteiger partial charge in [-0.05, 0) is 65.1 Å². The minimum Gasteiger partial charge on any atom is -0.490 e. The van der Waals surface area contributed by atoms with Crippen LogP contribution in [-0.2, 0) is 37.3 Å². The van der Waals surface area contributed by atoms with Gasteiger partial charge >= 0.3 is 0 Å². The number of fused-ring (bicyclic) bond motifs is 2. The molecule has 1 spiro atoms. The lowest BCUT2D eigenvalue weighted by Crippen LogP contribution is -2.44. The Morgan fingerprint density at radius 2 is 1.47 bits per heavy atom. The molecule has 0 aromatic heterocycles. The molecule has 0 N–H and O–H groups in total. The van der Waals surface area contributed by atoms with E-state index in [9.17, 15) is 4.79 Å². The van der Waals surface area contributed by atoms with Gasteiger partial charge in [0.25, 0.3) is 0 Å². The van der Waals surface area contributed by atoms with Crippen LogP contribution in [-0.4, -0.2) is 63.7 Å². The number of epoxide rings is 2. The quantitative estimate of drug-likeness (QED) is 0.425. The highest BCUT2D eigenvalue weighted by molar-refractivity contribution is 6.08. The van der Waals surface area contributed by atoms with Gasteiger partial charge in [0.05, 0.1) is 31.8 Å². The van der Waals surface area contributed by atoms with Crippen LogP contribution in [0.25, 0.3) is 16.8 Å². The summed E-state index contributed by atoms with van der Waals surface area (Å²) in [5, 5.41) is 2.25. The third-order valence-electron chi connectivity index (χ3n) is 8.26. The Morgan fingerprint density at radius 3 is 2.05 bits per heavy atom. The third-order valence-corrected chi connectivity index (χ3v) is 8.26. The van der Waals surface area contributed by atoms with Crippen molar-refractivity contribution in [2.24, 2.45) is 0 Å². The van der Waals surface area contributed by atoms with Crippen LogP contribution in [0.3, 0.4) is 0 Å². The number of hydrogen-bond acceptors (Lipinski definition) is 7. The summed E-state index contributed by atoms with van der Waals surface area (Å²) in [7, 11) is 0. The first-order valence-electron chi connectivity index (χ1n) is 13.3. The fourth-order valence-corrected chi connectivity index (χ4v) is 5.98. The molecule has 3 aromatic carbocycles. The summed E-state index contributed by atoms with van der Waals surface area (Å²) in [6.07, 6.45) is 5.06. The van der Waals surface area contributed by atoms with Crippen molar-refractivity contribution in [3.05, 3.63) is 70.8 Å². The Bertz CT molecular complexity index is 1420. The number of ketones is 1. The van der Waals surface area contributed by atoms with Crippen molar-refractivity contribution in [3.63, 3.8) is 0 Å². The van der Waals surface area contributed by atoms with E-state index in [0.717, 1.165) is 63.5 Å². The fraction of sp³-hybridized carbons (Fsp3) is 0.387. The van der Waals surface area contributed by atoms with E-state index in [1.807, 2.05) is 24.3 Å². The Hall–Kier alpha value is -3.39. The molecule has 2 aliphatic carbocycles. The van der Waals surface area contributed by atoms with Crippen LogP contribution in [0.5, 0.6) is 17.2 Å². The predicted octanol–water partition coefficient (Wildman–Crippen LogP) is 3.81. The van der Waals surface area contributed by atoms with Gasteiger partial charge in [-0.25, -0.2) is 0 Å². The summed E-state index contributed by atoms with van der Waals surface area (Å²) in [4.78, 5) is 14.0. The fourth-order valence-electron chi connectivity index (χ4n) is 5.98. The molecule has 2 atom stereocenters. The average molecular weight is 513 g/mol. The molecule has 3 heterocycles. The van der Waals surface area contributed by atoms with Crippen molar-refractivity contribution in [1.29, 1.82) is 0 Å². The molecule has 5 aliphatic rings. The van der Waals surface area contributed by atoms with E-state index in [-0.39, 0.29) is 24.1 Å². The highest BCUT2D eigenvalue weighted by atomic mass is 16.6. The highest BCUT2D eigenvalue weighted by Crippen LogP contribution is 2.50. The average Bonchev–Trinajstić information content (AvgIpc) is 3.83. The van der Waals surface area contributed by atoms with E-state index in [1.54, 1.807) is 6.08 Å². The molecule has 7 heteroatoms. The van der Waals surface area contributed by atoms with Gasteiger partial charge in [-0.1, -0.05) is 24.3 Å². The highest BCUT2D eigenvalue weighted by Gasteiger charge is 2.47. The summed E-state index contributed by atoms with van der Waals surface area (Å²) in [6, 6.07) is 14.3. The Labute approximate surface area is 220 Å². The minimum absolute atomic E-state index is 0.0500. The number of carbonyl (C=O) groups excluding carboxylic acids is 1. The van der Waals surface area contributed by atoms with Gasteiger partial charge in [-0.15, -0.1) is 0 Å². The van der Waals surface area contributed by atoms with E-state index in [4.69, 9.17) is 28.4 Å². The molecule has 2 unspecified atom stereocenters. The van der Waals surface area contributed by atoms with E-state index < -0.39 is 5.41 Å². The maximum absolute atomic E-state index is 14.0. The van der Waals surface area contributed by atoms with Crippen LogP contribution in [0.2, 0.25) is 0 Å². The zero-order valence-corrected chi connectivity index (χ0v) is 20.9. The van der Waals surface area contributed by atoms with Gasteiger partial charge in [0.2, 0.25) is 0 Å². The van der Waals surface area contributed by atoms with Crippen LogP contribution in [0, 0.1) is 0 Å². The molecule has 0 radical (unpaired) electrons. The van der Waals surface area contributed by atoms with Gasteiger partial charge < -0.3 is 28.4 Å². The van der Waals surface area contributed by atoms with E-state index in [2.05, 4.69) is 24.3 Å². The SMILES string of the molecule is O=C1C=Cc2ccc(OC3COC3)cc2C12Cc1c(OCC3CO3)ccc3ccc(OCC4CO4)c(c13)C2. The molecular weight excluding hydrogens is 484 g/mol. The van der Waals surface area contributed by atoms with Crippen LogP contribution in [0.15, 0.2) is 48.5 Å². The van der Waals surface area contributed by atoms with Gasteiger partial charge in [0.15, 0.2) is 5.78 Å². The normalized spacial score (nSPS) is 26.7. The van der Waals surface area contributed by atoms with Crippen molar-refractivity contribution in [2.75, 3.05) is 39.6 Å². The molecule has 3 aromatic rings. The third kappa shape index (κ3) is 3.80. The maximum atomic E-state index is 14.0. The topological polar surface area (TPSA) is 79.1 Å². The molecule has 3 saturated heterocycles. The molecule has 0 bridgehead atoms. The number of allylic oxidation sites excluding steroid dienone is 1. The molecule has 194 valence electrons. The molecule has 3 fully saturated rings. The number of rotatable bonds is 8. The van der Waals surface area contributed by atoms with Crippen LogP contribution < -0.4 is 14.2 Å². The molecule has 38 heavy (non-hydrogen) atoms. The predicted molar refractivity (Wildman–Crippen MR) is 139 cm³/mol. The van der Waals surface area contributed by atoms with Crippen LogP contribution in [0.4, 0.5) is 0 Å². The summed E-state index contributed by atoms with van der Waals surface area (Å²) in [5.41, 5.74) is 3.33. The zero-order chi connectivity index (χ0) is 25.3. The Kier molecular flexibility index (Phi) is 5.09. The van der Waals surface area contributed by atoms with Gasteiger partial charge in [-0.3, -0.25) is 4.79 Å². The van der Waals surface area contributed by atoms with Crippen molar-refractivity contribution < 1.29 is 33.2 Å². The number of ether oxygens (including phenoxy) is 6. The molecular formula is C31H28O7. The Balaban J connectivity index is 1.27. The number of hydrogen-bond donors (Lipinski definition) is 0. The van der Waals surface area contributed by atoms with Crippen LogP contribution >= 0.6 is 0 Å². The van der Waals surface area contributed by atoms with Gasteiger partial charge in [-0.2, -0.15) is 0 Å². The molecule has 0 saturated carbocycles. The standard InChI is InChI=1S/C31H28O7/c32-29-8-4-18-1-5-20(38-23-12-33-13-23)9-26(18)31(29)10-24-27(36-16-21-14-34-21)6-2-19-3-7-28(25(11-31)30(19)24)37-17-22-15-35-22/h1-9,21-23H,10-17H2. The smallest absolute Gasteiger partial charge is 0.166 e. The maximum Gasteiger partial charge on any atom is 0.166 e. The Morgan fingerprint density at radius 1 is 0.816 bits per heavy atom. The van der Waals surface area contributed by atoms with Crippen molar-refractivity contribution in [3.8, 4) is 17.2 Å². The second kappa shape index (κ2) is 8.56. The second-order valence-corrected chi connectivity index (χ2v) is 10.9. The first-order chi connectivity index (χ1) is 18.7. The second-order valence-electron chi connectivity index (χ2n) is 10.9. The number of benzene rings is 3. The van der Waals surface area contributed by atoms with E-state index in [1.165, 1.54) is 0 Å². The largest absolute Gasteiger partial charge is 0.490 e. The van der Waals surface area contributed by atoms with E-state index in [0.29, 0.717) is 39.3 Å². The van der Waals surface area contributed by atoms with Gasteiger partial charge in [0.1, 0.15) is 48.8 Å². The summed E-state index contributed by atoms with van der Waals surface area (Å²) >= 11 is 0. The summed E-state index contributed by atoms with van der Waals surface area (Å²) < 4.78 is 34.9. The van der Waals surface area contributed by atoms with Crippen molar-refractivity contribution >= 4 is 22.6 Å². The van der Waals surface area contributed by atoms with Crippen LogP contribution in [0.1, 0.15) is 22.3 Å². The zero-order valence-electron chi connectivity index (χ0n) is 20.9. The monoisotopic (exact) mass is 512 g/mol. The van der Waals surface area contributed by atoms with Crippen molar-refractivity contribution in [2.45, 2.75) is 36.6 Å². The van der Waals surface area contributed by atoms with E-state index >= 15 is 0 Å². The summed E-state index contributed by atoms with van der Waals surface area (Å²) in [6.45, 7) is 3.64. The first-order valence-corrected chi connectivity index (χ1v) is 13.3. The summed E-state index contributed by atoms with van der Waals surface area (Å²) in [5.74, 6) is 2.47. The molecule has 0 amide bonds. The molecule has 3 aliphatic heterocycles. The molecule has 8 rings (SSSR count). The minimum atomic E-state index is -0.787. The lowest BCUT2D eigenvalue weighted by Gasteiger charge is -2.40. The lowest BCUT2D eigenvalue weighted by molar-refractivity contribution is -0.120. The van der Waals surface area contributed by atoms with Gasteiger partial charge in [0, 0.05) is 11.1 Å².